The molecule has 2 rings (SSSR count). The van der Waals surface area contributed by atoms with Crippen molar-refractivity contribution in [2.75, 3.05) is 7.11 Å². The summed E-state index contributed by atoms with van der Waals surface area (Å²) in [6.07, 6.45) is 1.61. The minimum atomic E-state index is -0.479. The number of carbonyl (C=O) groups excluding carboxylic acids is 2. The van der Waals surface area contributed by atoms with Crippen molar-refractivity contribution in [3.05, 3.63) is 26.8 Å². The zero-order valence-electron chi connectivity index (χ0n) is 9.53. The van der Waals surface area contributed by atoms with E-state index in [2.05, 4.69) is 37.0 Å². The predicted octanol–water partition coefficient (Wildman–Crippen LogP) is 3.01. The van der Waals surface area contributed by atoms with E-state index in [0.29, 0.717) is 20.0 Å². The lowest BCUT2D eigenvalue weighted by molar-refractivity contribution is 0.0598. The van der Waals surface area contributed by atoms with Gasteiger partial charge in [-0.3, -0.25) is 4.79 Å². The lowest BCUT2D eigenvalue weighted by Gasteiger charge is -2.05. The first-order chi connectivity index (χ1) is 8.45. The quantitative estimate of drug-likeness (QED) is 0.719. The summed E-state index contributed by atoms with van der Waals surface area (Å²) in [4.78, 5) is 22.9. The first-order valence-corrected chi connectivity index (χ1v) is 6.51. The highest BCUT2D eigenvalue weighted by atomic mass is 79.9. The molecule has 0 aliphatic rings. The van der Waals surface area contributed by atoms with Crippen molar-refractivity contribution < 1.29 is 14.3 Å². The smallest absolute Gasteiger partial charge is 0.340 e. The van der Waals surface area contributed by atoms with Gasteiger partial charge < -0.3 is 4.74 Å². The fraction of sp³-hybridized carbons (Fsp3) is 0.182. The van der Waals surface area contributed by atoms with E-state index in [0.717, 1.165) is 5.39 Å². The SMILES string of the molecule is COC(=O)c1c(Br)cc2cn(C(C)=O)nc2c1Br. The van der Waals surface area contributed by atoms with Crippen LogP contribution >= 0.6 is 31.9 Å². The Hall–Kier alpha value is -1.21. The third kappa shape index (κ3) is 2.08. The monoisotopic (exact) mass is 374 g/mol. The van der Waals surface area contributed by atoms with Gasteiger partial charge in [0, 0.05) is 23.0 Å². The lowest BCUT2D eigenvalue weighted by Crippen LogP contribution is -2.05. The molecule has 0 N–H and O–H groups in total. The third-order valence-corrected chi connectivity index (χ3v) is 3.80. The maximum absolute atomic E-state index is 11.7. The van der Waals surface area contributed by atoms with Crippen LogP contribution in [0.5, 0.6) is 0 Å². The van der Waals surface area contributed by atoms with Gasteiger partial charge in [-0.25, -0.2) is 9.48 Å². The van der Waals surface area contributed by atoms with E-state index in [1.807, 2.05) is 0 Å². The molecule has 1 aromatic heterocycles. The molecule has 0 saturated heterocycles. The third-order valence-electron chi connectivity index (χ3n) is 2.40. The Balaban J connectivity index is 2.76. The molecule has 94 valence electrons. The maximum Gasteiger partial charge on any atom is 0.340 e. The fourth-order valence-electron chi connectivity index (χ4n) is 1.55. The molecule has 0 radical (unpaired) electrons. The van der Waals surface area contributed by atoms with Gasteiger partial charge in [-0.2, -0.15) is 5.10 Å². The van der Waals surface area contributed by atoms with Crippen molar-refractivity contribution in [1.82, 2.24) is 9.78 Å². The van der Waals surface area contributed by atoms with Gasteiger partial charge in [0.1, 0.15) is 5.52 Å². The molecular weight excluding hydrogens is 368 g/mol. The number of hydrogen-bond donors (Lipinski definition) is 0. The number of benzene rings is 1. The summed E-state index contributed by atoms with van der Waals surface area (Å²) in [6.45, 7) is 1.41. The number of aromatic nitrogens is 2. The Morgan fingerprint density at radius 3 is 2.61 bits per heavy atom. The number of halogens is 2. The van der Waals surface area contributed by atoms with Crippen LogP contribution in [0, 0.1) is 0 Å². The van der Waals surface area contributed by atoms with Crippen LogP contribution in [0.15, 0.2) is 21.2 Å². The van der Waals surface area contributed by atoms with Gasteiger partial charge in [0.15, 0.2) is 0 Å². The van der Waals surface area contributed by atoms with Crippen molar-refractivity contribution in [1.29, 1.82) is 0 Å². The Kier molecular flexibility index (Phi) is 3.54. The molecule has 7 heteroatoms. The van der Waals surface area contributed by atoms with Crippen LogP contribution in [0.3, 0.4) is 0 Å². The first-order valence-electron chi connectivity index (χ1n) is 4.92. The number of ether oxygens (including phenoxy) is 1. The highest BCUT2D eigenvalue weighted by Crippen LogP contribution is 2.33. The van der Waals surface area contributed by atoms with Crippen LogP contribution in [0.25, 0.3) is 10.9 Å². The van der Waals surface area contributed by atoms with Crippen LogP contribution in [-0.2, 0) is 4.74 Å². The van der Waals surface area contributed by atoms with Gasteiger partial charge in [0.2, 0.25) is 5.91 Å². The zero-order chi connectivity index (χ0) is 13.4. The number of fused-ring (bicyclic) bond motifs is 1. The van der Waals surface area contributed by atoms with E-state index >= 15 is 0 Å². The van der Waals surface area contributed by atoms with Crippen molar-refractivity contribution in [2.24, 2.45) is 0 Å². The Morgan fingerprint density at radius 1 is 1.39 bits per heavy atom. The van der Waals surface area contributed by atoms with Gasteiger partial charge in [0.05, 0.1) is 17.1 Å². The average molecular weight is 376 g/mol. The topological polar surface area (TPSA) is 61.2 Å². The molecule has 0 unspecified atom stereocenters. The van der Waals surface area contributed by atoms with Crippen molar-refractivity contribution in [3.8, 4) is 0 Å². The Bertz CT molecular complexity index is 664. The molecule has 1 aromatic carbocycles. The second kappa shape index (κ2) is 4.81. The Morgan fingerprint density at radius 2 is 2.06 bits per heavy atom. The molecule has 2 aromatic rings. The summed E-state index contributed by atoms with van der Waals surface area (Å²) in [5.74, 6) is -0.679. The molecule has 0 bridgehead atoms. The molecule has 0 aliphatic carbocycles. The molecule has 0 saturated carbocycles. The highest BCUT2D eigenvalue weighted by molar-refractivity contribution is 9.11. The average Bonchev–Trinajstić information content (AvgIpc) is 2.72. The van der Waals surface area contributed by atoms with Crippen LogP contribution in [0.1, 0.15) is 22.1 Å². The Labute approximate surface area is 119 Å². The standard InChI is InChI=1S/C11H8Br2N2O3/c1-5(16)15-4-6-3-7(12)8(11(17)18-2)9(13)10(6)14-15/h3-4H,1-2H3. The van der Waals surface area contributed by atoms with Crippen molar-refractivity contribution in [3.63, 3.8) is 0 Å². The highest BCUT2D eigenvalue weighted by Gasteiger charge is 2.20. The van der Waals surface area contributed by atoms with Crippen LogP contribution in [0.2, 0.25) is 0 Å². The molecule has 5 nitrogen and oxygen atoms in total. The second-order valence-electron chi connectivity index (χ2n) is 3.57. The minimum absolute atomic E-state index is 0.200. The second-order valence-corrected chi connectivity index (χ2v) is 5.22. The van der Waals surface area contributed by atoms with E-state index in [9.17, 15) is 9.59 Å². The van der Waals surface area contributed by atoms with Gasteiger partial charge in [-0.05, 0) is 37.9 Å². The van der Waals surface area contributed by atoms with Gasteiger partial charge in [-0.15, -0.1) is 0 Å². The summed E-state index contributed by atoms with van der Waals surface area (Å²) in [6, 6.07) is 1.72. The number of carbonyl (C=O) groups is 2. The fourth-order valence-corrected chi connectivity index (χ4v) is 3.10. The maximum atomic E-state index is 11.7. The molecule has 0 spiro atoms. The van der Waals surface area contributed by atoms with Crippen LogP contribution < -0.4 is 0 Å². The number of methoxy groups -OCH3 is 1. The first kappa shape index (κ1) is 13.2. The number of esters is 1. The van der Waals surface area contributed by atoms with Gasteiger partial charge in [-0.1, -0.05) is 0 Å². The van der Waals surface area contributed by atoms with Gasteiger partial charge >= 0.3 is 5.97 Å². The molecule has 18 heavy (non-hydrogen) atoms. The van der Waals surface area contributed by atoms with Crippen LogP contribution in [-0.4, -0.2) is 28.8 Å². The summed E-state index contributed by atoms with van der Waals surface area (Å²) < 4.78 is 7.00. The minimum Gasteiger partial charge on any atom is -0.465 e. The molecule has 1 heterocycles. The van der Waals surface area contributed by atoms with E-state index in [1.54, 1.807) is 12.3 Å². The normalized spacial score (nSPS) is 10.7. The molecule has 0 amide bonds. The predicted molar refractivity (Wildman–Crippen MR) is 72.8 cm³/mol. The summed E-state index contributed by atoms with van der Waals surface area (Å²) in [7, 11) is 1.31. The molecule has 0 aliphatic heterocycles. The van der Waals surface area contributed by atoms with E-state index < -0.39 is 5.97 Å². The largest absolute Gasteiger partial charge is 0.465 e. The van der Waals surface area contributed by atoms with E-state index in [4.69, 9.17) is 4.74 Å². The number of rotatable bonds is 1. The summed E-state index contributed by atoms with van der Waals surface area (Å²) in [5, 5.41) is 4.87. The summed E-state index contributed by atoms with van der Waals surface area (Å²) >= 11 is 6.62. The lowest BCUT2D eigenvalue weighted by atomic mass is 10.2. The number of hydrogen-bond acceptors (Lipinski definition) is 4. The van der Waals surface area contributed by atoms with E-state index in [1.165, 1.54) is 18.7 Å². The zero-order valence-corrected chi connectivity index (χ0v) is 12.7. The van der Waals surface area contributed by atoms with Crippen molar-refractivity contribution >= 4 is 54.6 Å². The summed E-state index contributed by atoms with van der Waals surface area (Å²) in [5.41, 5.74) is 0.882. The van der Waals surface area contributed by atoms with E-state index in [-0.39, 0.29) is 5.91 Å². The molecule has 0 fully saturated rings. The molecule has 0 atom stereocenters. The van der Waals surface area contributed by atoms with Crippen molar-refractivity contribution in [2.45, 2.75) is 6.92 Å². The molecular formula is C11H8Br2N2O3. The van der Waals surface area contributed by atoms with Gasteiger partial charge in [0.25, 0.3) is 0 Å². The van der Waals surface area contributed by atoms with Crippen LogP contribution in [0.4, 0.5) is 0 Å². The number of nitrogens with zero attached hydrogens (tertiary/aromatic N) is 2.